The zero-order valence-electron chi connectivity index (χ0n) is 19.2. The molecule has 170 valence electrons. The minimum absolute atomic E-state index is 0.151. The molecular formula is C28H33N5. The Morgan fingerprint density at radius 2 is 1.55 bits per heavy atom. The molecule has 33 heavy (non-hydrogen) atoms. The van der Waals surface area contributed by atoms with Crippen molar-refractivity contribution < 1.29 is 0 Å². The molecule has 3 aromatic rings. The van der Waals surface area contributed by atoms with E-state index in [0.717, 1.165) is 50.5 Å². The molecule has 2 aliphatic heterocycles. The molecule has 5 heteroatoms. The third kappa shape index (κ3) is 3.68. The van der Waals surface area contributed by atoms with Gasteiger partial charge in [0, 0.05) is 25.7 Å². The standard InChI is InChI=1S/C28H33N5/c29-27-23-11-5-4-10-22(23)18-28(27)13-16-32(17-14-28)25-19-31-26(20-30-25)33-15-7-6-12-24(33)21-8-2-1-3-9-21/h1-5,8-11,19-20,24,27H,6-7,12-18,29H2/t24-,27+/m0/s1. The predicted molar refractivity (Wildman–Crippen MR) is 133 cm³/mol. The van der Waals surface area contributed by atoms with Crippen LogP contribution in [0.4, 0.5) is 11.6 Å². The number of nitrogens with two attached hydrogens (primary N) is 1. The van der Waals surface area contributed by atoms with E-state index in [9.17, 15) is 0 Å². The molecule has 0 radical (unpaired) electrons. The van der Waals surface area contributed by atoms with Crippen LogP contribution in [-0.4, -0.2) is 29.6 Å². The normalized spacial score (nSPS) is 24.2. The Morgan fingerprint density at radius 3 is 2.30 bits per heavy atom. The van der Waals surface area contributed by atoms with Crippen molar-refractivity contribution in [1.29, 1.82) is 0 Å². The van der Waals surface area contributed by atoms with E-state index in [2.05, 4.69) is 64.4 Å². The SMILES string of the molecule is N[C@@H]1c2ccccc2CC12CCN(c1cnc(N3CCCC[C@H]3c3ccccc3)cn1)CC2. The largest absolute Gasteiger partial charge is 0.355 e. The van der Waals surface area contributed by atoms with E-state index < -0.39 is 0 Å². The van der Waals surface area contributed by atoms with Crippen molar-refractivity contribution in [2.24, 2.45) is 11.1 Å². The van der Waals surface area contributed by atoms with Crippen LogP contribution in [0.1, 0.15) is 60.9 Å². The summed E-state index contributed by atoms with van der Waals surface area (Å²) in [5, 5.41) is 0. The van der Waals surface area contributed by atoms with Crippen molar-refractivity contribution >= 4 is 11.6 Å². The van der Waals surface area contributed by atoms with E-state index in [4.69, 9.17) is 15.7 Å². The Labute approximate surface area is 196 Å². The molecule has 2 N–H and O–H groups in total. The van der Waals surface area contributed by atoms with E-state index in [0.29, 0.717) is 6.04 Å². The summed E-state index contributed by atoms with van der Waals surface area (Å²) in [6.45, 7) is 3.02. The average Bonchev–Trinajstić information content (AvgIpc) is 3.16. The molecule has 1 aliphatic carbocycles. The Hall–Kier alpha value is -2.92. The zero-order valence-corrected chi connectivity index (χ0v) is 19.2. The maximum absolute atomic E-state index is 6.75. The third-order valence-electron chi connectivity index (χ3n) is 8.28. The molecule has 3 aliphatic rings. The number of nitrogens with zero attached hydrogens (tertiary/aromatic N) is 4. The lowest BCUT2D eigenvalue weighted by Gasteiger charge is -2.42. The number of piperidine rings is 2. The average molecular weight is 440 g/mol. The van der Waals surface area contributed by atoms with Gasteiger partial charge in [0.15, 0.2) is 0 Å². The van der Waals surface area contributed by atoms with Gasteiger partial charge in [0.1, 0.15) is 11.6 Å². The van der Waals surface area contributed by atoms with E-state index in [1.165, 1.54) is 36.0 Å². The lowest BCUT2D eigenvalue weighted by atomic mass is 9.73. The number of hydrogen-bond donors (Lipinski definition) is 1. The van der Waals surface area contributed by atoms with Crippen LogP contribution < -0.4 is 15.5 Å². The lowest BCUT2D eigenvalue weighted by Crippen LogP contribution is -2.44. The predicted octanol–water partition coefficient (Wildman–Crippen LogP) is 5.05. The highest BCUT2D eigenvalue weighted by Crippen LogP contribution is 2.50. The summed E-state index contributed by atoms with van der Waals surface area (Å²) in [6, 6.07) is 20.1. The molecule has 1 aromatic heterocycles. The summed E-state index contributed by atoms with van der Waals surface area (Å²) in [6.07, 6.45) is 10.9. The van der Waals surface area contributed by atoms with Crippen LogP contribution >= 0.6 is 0 Å². The summed E-state index contributed by atoms with van der Waals surface area (Å²) >= 11 is 0. The minimum Gasteiger partial charge on any atom is -0.355 e. The van der Waals surface area contributed by atoms with Gasteiger partial charge in [0.05, 0.1) is 18.4 Å². The van der Waals surface area contributed by atoms with Crippen LogP contribution in [0.25, 0.3) is 0 Å². The second-order valence-corrected chi connectivity index (χ2v) is 10.1. The molecule has 2 aromatic carbocycles. The van der Waals surface area contributed by atoms with Crippen LogP contribution in [0.2, 0.25) is 0 Å². The zero-order chi connectivity index (χ0) is 22.3. The minimum atomic E-state index is 0.151. The quantitative estimate of drug-likeness (QED) is 0.619. The van der Waals surface area contributed by atoms with Crippen LogP contribution in [0.3, 0.4) is 0 Å². The molecule has 0 amide bonds. The van der Waals surface area contributed by atoms with Gasteiger partial charge in [-0.1, -0.05) is 54.6 Å². The Bertz CT molecular complexity index is 1090. The molecule has 0 bridgehead atoms. The number of hydrogen-bond acceptors (Lipinski definition) is 5. The molecule has 2 saturated heterocycles. The highest BCUT2D eigenvalue weighted by molar-refractivity contribution is 5.47. The second-order valence-electron chi connectivity index (χ2n) is 10.1. The van der Waals surface area contributed by atoms with E-state index in [1.54, 1.807) is 0 Å². The summed E-state index contributed by atoms with van der Waals surface area (Å²) in [4.78, 5) is 14.6. The van der Waals surface area contributed by atoms with Crippen LogP contribution in [-0.2, 0) is 6.42 Å². The molecule has 6 rings (SSSR count). The van der Waals surface area contributed by atoms with Gasteiger partial charge in [-0.15, -0.1) is 0 Å². The van der Waals surface area contributed by atoms with Crippen molar-refractivity contribution in [2.75, 3.05) is 29.4 Å². The van der Waals surface area contributed by atoms with Crippen molar-refractivity contribution in [1.82, 2.24) is 9.97 Å². The van der Waals surface area contributed by atoms with Gasteiger partial charge in [-0.25, -0.2) is 9.97 Å². The van der Waals surface area contributed by atoms with E-state index >= 15 is 0 Å². The molecular weight excluding hydrogens is 406 g/mol. The highest BCUT2D eigenvalue weighted by atomic mass is 15.3. The first kappa shape index (κ1) is 20.7. The Kier molecular flexibility index (Phi) is 5.30. The summed E-state index contributed by atoms with van der Waals surface area (Å²) < 4.78 is 0. The summed E-state index contributed by atoms with van der Waals surface area (Å²) in [5.41, 5.74) is 11.1. The Morgan fingerprint density at radius 1 is 0.818 bits per heavy atom. The van der Waals surface area contributed by atoms with Crippen LogP contribution in [0.15, 0.2) is 67.0 Å². The number of rotatable bonds is 3. The maximum atomic E-state index is 6.75. The third-order valence-corrected chi connectivity index (χ3v) is 8.28. The van der Waals surface area contributed by atoms with E-state index in [-0.39, 0.29) is 11.5 Å². The fourth-order valence-electron chi connectivity index (χ4n) is 6.34. The van der Waals surface area contributed by atoms with Gasteiger partial charge in [-0.05, 0) is 60.6 Å². The lowest BCUT2D eigenvalue weighted by molar-refractivity contribution is 0.187. The number of benzene rings is 2. The molecule has 5 nitrogen and oxygen atoms in total. The first-order chi connectivity index (χ1) is 16.2. The van der Waals surface area contributed by atoms with Crippen molar-refractivity contribution in [3.63, 3.8) is 0 Å². The van der Waals surface area contributed by atoms with Crippen molar-refractivity contribution in [3.8, 4) is 0 Å². The topological polar surface area (TPSA) is 58.3 Å². The van der Waals surface area contributed by atoms with E-state index in [1.807, 2.05) is 12.4 Å². The monoisotopic (exact) mass is 439 g/mol. The fourth-order valence-corrected chi connectivity index (χ4v) is 6.34. The van der Waals surface area contributed by atoms with Gasteiger partial charge in [-0.2, -0.15) is 0 Å². The molecule has 2 fully saturated rings. The van der Waals surface area contributed by atoms with Crippen LogP contribution in [0, 0.1) is 5.41 Å². The molecule has 0 unspecified atom stereocenters. The van der Waals surface area contributed by atoms with Gasteiger partial charge in [0.2, 0.25) is 0 Å². The summed E-state index contributed by atoms with van der Waals surface area (Å²) in [5.74, 6) is 1.99. The second kappa shape index (κ2) is 8.45. The van der Waals surface area contributed by atoms with Gasteiger partial charge < -0.3 is 15.5 Å². The number of aromatic nitrogens is 2. The first-order valence-electron chi connectivity index (χ1n) is 12.5. The maximum Gasteiger partial charge on any atom is 0.147 e. The highest BCUT2D eigenvalue weighted by Gasteiger charge is 2.45. The van der Waals surface area contributed by atoms with Crippen molar-refractivity contribution in [2.45, 2.75) is 50.6 Å². The molecule has 0 saturated carbocycles. The van der Waals surface area contributed by atoms with Gasteiger partial charge in [-0.3, -0.25) is 0 Å². The van der Waals surface area contributed by atoms with Gasteiger partial charge >= 0.3 is 0 Å². The summed E-state index contributed by atoms with van der Waals surface area (Å²) in [7, 11) is 0. The number of fused-ring (bicyclic) bond motifs is 1. The molecule has 2 atom stereocenters. The molecule has 3 heterocycles. The first-order valence-corrected chi connectivity index (χ1v) is 12.5. The van der Waals surface area contributed by atoms with Gasteiger partial charge in [0.25, 0.3) is 0 Å². The fraction of sp³-hybridized carbons (Fsp3) is 0.429. The van der Waals surface area contributed by atoms with Crippen LogP contribution in [0.5, 0.6) is 0 Å². The molecule has 1 spiro atoms. The van der Waals surface area contributed by atoms with Crippen molar-refractivity contribution in [3.05, 3.63) is 83.7 Å². The Balaban J connectivity index is 1.15. The number of anilines is 2. The smallest absolute Gasteiger partial charge is 0.147 e.